The normalized spacial score (nSPS) is 27.1. The molecule has 0 spiro atoms. The van der Waals surface area contributed by atoms with Gasteiger partial charge in [0.15, 0.2) is 5.78 Å². The standard InChI is InChI=1S/C21H25NO5S/c1-5-26-20(24)15-11(3)10-13-17(19(15)23)18(14-8-7-9-28-14)16(12(4)22-13)21(25)27-6-2/h7-9,11,15,17-18H,5-6,10H2,1-4H3/t11-,15+,17?,18-/m1/s1. The molecule has 1 fully saturated rings. The Morgan fingerprint density at radius 1 is 1.21 bits per heavy atom. The molecule has 1 aliphatic carbocycles. The van der Waals surface area contributed by atoms with Crippen LogP contribution in [0.1, 0.15) is 44.9 Å². The van der Waals surface area contributed by atoms with E-state index >= 15 is 0 Å². The molecule has 3 rings (SSSR count). The van der Waals surface area contributed by atoms with Crippen molar-refractivity contribution in [2.75, 3.05) is 13.2 Å². The SMILES string of the molecule is CCOC(=O)C1=C(C)N=C2C[C@@H](C)[C@H](C(=O)OCC)C(=O)C2[C@@H]1c1cccs1. The molecule has 28 heavy (non-hydrogen) atoms. The molecule has 1 saturated carbocycles. The molecule has 0 aromatic carbocycles. The van der Waals surface area contributed by atoms with E-state index in [1.807, 2.05) is 24.4 Å². The van der Waals surface area contributed by atoms with E-state index < -0.39 is 29.7 Å². The summed E-state index contributed by atoms with van der Waals surface area (Å²) in [5.41, 5.74) is 1.73. The number of aliphatic imine (C=N–C) groups is 1. The molecule has 0 N–H and O–H groups in total. The smallest absolute Gasteiger partial charge is 0.336 e. The first-order valence-corrected chi connectivity index (χ1v) is 10.5. The van der Waals surface area contributed by atoms with Crippen molar-refractivity contribution in [1.29, 1.82) is 0 Å². The topological polar surface area (TPSA) is 82.0 Å². The number of carbonyl (C=O) groups is 3. The minimum atomic E-state index is -0.840. The van der Waals surface area contributed by atoms with Crippen LogP contribution < -0.4 is 0 Å². The first-order valence-electron chi connectivity index (χ1n) is 9.59. The Morgan fingerprint density at radius 3 is 2.54 bits per heavy atom. The molecule has 1 unspecified atom stereocenters. The fraction of sp³-hybridized carbons (Fsp3) is 0.524. The van der Waals surface area contributed by atoms with Crippen molar-refractivity contribution in [3.05, 3.63) is 33.7 Å². The Hall–Kier alpha value is -2.28. The Balaban J connectivity index is 2.10. The molecular weight excluding hydrogens is 378 g/mol. The summed E-state index contributed by atoms with van der Waals surface area (Å²) in [5, 5.41) is 1.91. The van der Waals surface area contributed by atoms with E-state index in [0.29, 0.717) is 17.7 Å². The molecule has 1 aromatic heterocycles. The second-order valence-electron chi connectivity index (χ2n) is 7.11. The average molecular weight is 404 g/mol. The molecule has 0 bridgehead atoms. The number of Topliss-reactive ketones (excluding diaryl/α,β-unsaturated/α-hetero) is 1. The third kappa shape index (κ3) is 3.55. The maximum absolute atomic E-state index is 13.5. The van der Waals surface area contributed by atoms with Gasteiger partial charge in [-0.3, -0.25) is 14.6 Å². The van der Waals surface area contributed by atoms with E-state index in [4.69, 9.17) is 9.47 Å². The fourth-order valence-corrected chi connectivity index (χ4v) is 5.06. The lowest BCUT2D eigenvalue weighted by atomic mass is 9.65. The molecule has 4 atom stereocenters. The molecule has 6 nitrogen and oxygen atoms in total. The van der Waals surface area contributed by atoms with Gasteiger partial charge < -0.3 is 9.47 Å². The Kier molecular flexibility index (Phi) is 6.13. The zero-order valence-electron chi connectivity index (χ0n) is 16.6. The highest BCUT2D eigenvalue weighted by molar-refractivity contribution is 7.10. The van der Waals surface area contributed by atoms with Crippen molar-refractivity contribution in [3.8, 4) is 0 Å². The number of carbonyl (C=O) groups excluding carboxylic acids is 3. The van der Waals surface area contributed by atoms with Crippen LogP contribution in [0.4, 0.5) is 0 Å². The summed E-state index contributed by atoms with van der Waals surface area (Å²) in [4.78, 5) is 44.2. The zero-order valence-corrected chi connectivity index (χ0v) is 17.4. The number of thiophene rings is 1. The van der Waals surface area contributed by atoms with Crippen molar-refractivity contribution >= 4 is 34.8 Å². The molecule has 2 aliphatic rings. The van der Waals surface area contributed by atoms with Crippen LogP contribution in [0.3, 0.4) is 0 Å². The molecule has 0 amide bonds. The summed E-state index contributed by atoms with van der Waals surface area (Å²) in [7, 11) is 0. The lowest BCUT2D eigenvalue weighted by Crippen LogP contribution is -2.48. The van der Waals surface area contributed by atoms with Gasteiger partial charge in [0.1, 0.15) is 5.92 Å². The van der Waals surface area contributed by atoms with Gasteiger partial charge in [0, 0.05) is 22.2 Å². The van der Waals surface area contributed by atoms with Crippen LogP contribution in [0.2, 0.25) is 0 Å². The number of allylic oxidation sites excluding steroid dienone is 1. The predicted molar refractivity (Wildman–Crippen MR) is 106 cm³/mol. The first-order chi connectivity index (χ1) is 13.4. The van der Waals surface area contributed by atoms with E-state index in [1.165, 1.54) is 11.3 Å². The molecule has 0 radical (unpaired) electrons. The molecule has 0 saturated heterocycles. The highest BCUT2D eigenvalue weighted by Crippen LogP contribution is 2.46. The van der Waals surface area contributed by atoms with Gasteiger partial charge in [0.25, 0.3) is 0 Å². The summed E-state index contributed by atoms with van der Waals surface area (Å²) in [5.74, 6) is -3.33. The molecule has 2 heterocycles. The fourth-order valence-electron chi connectivity index (χ4n) is 4.19. The van der Waals surface area contributed by atoms with Crippen molar-refractivity contribution in [3.63, 3.8) is 0 Å². The van der Waals surface area contributed by atoms with Crippen molar-refractivity contribution in [1.82, 2.24) is 0 Å². The van der Waals surface area contributed by atoms with Gasteiger partial charge in [-0.15, -0.1) is 11.3 Å². The summed E-state index contributed by atoms with van der Waals surface area (Å²) < 4.78 is 10.4. The zero-order chi connectivity index (χ0) is 20.4. The minimum absolute atomic E-state index is 0.192. The Bertz CT molecular complexity index is 839. The van der Waals surface area contributed by atoms with Crippen LogP contribution in [0.25, 0.3) is 0 Å². The van der Waals surface area contributed by atoms with Gasteiger partial charge in [0.05, 0.1) is 24.7 Å². The van der Waals surface area contributed by atoms with E-state index in [-0.39, 0.29) is 24.9 Å². The van der Waals surface area contributed by atoms with Crippen LogP contribution in [0.5, 0.6) is 0 Å². The van der Waals surface area contributed by atoms with Gasteiger partial charge >= 0.3 is 11.9 Å². The summed E-state index contributed by atoms with van der Waals surface area (Å²) in [6, 6.07) is 3.80. The molecular formula is C21H25NO5S. The van der Waals surface area contributed by atoms with E-state index in [9.17, 15) is 14.4 Å². The van der Waals surface area contributed by atoms with E-state index in [1.54, 1.807) is 20.8 Å². The number of ketones is 1. The summed E-state index contributed by atoms with van der Waals surface area (Å²) in [6.45, 7) is 7.59. The van der Waals surface area contributed by atoms with Gasteiger partial charge in [-0.25, -0.2) is 4.79 Å². The van der Waals surface area contributed by atoms with E-state index in [0.717, 1.165) is 10.6 Å². The second-order valence-corrected chi connectivity index (χ2v) is 8.09. The number of nitrogens with zero attached hydrogens (tertiary/aromatic N) is 1. The lowest BCUT2D eigenvalue weighted by molar-refractivity contribution is -0.154. The van der Waals surface area contributed by atoms with Crippen LogP contribution in [-0.2, 0) is 23.9 Å². The van der Waals surface area contributed by atoms with Crippen molar-refractivity contribution < 1.29 is 23.9 Å². The van der Waals surface area contributed by atoms with Crippen LogP contribution >= 0.6 is 11.3 Å². The van der Waals surface area contributed by atoms with Crippen molar-refractivity contribution in [2.45, 2.75) is 40.0 Å². The first kappa shape index (κ1) is 20.5. The van der Waals surface area contributed by atoms with Crippen molar-refractivity contribution in [2.24, 2.45) is 22.7 Å². The number of rotatable bonds is 5. The quantitative estimate of drug-likeness (QED) is 0.555. The molecule has 1 aromatic rings. The summed E-state index contributed by atoms with van der Waals surface area (Å²) >= 11 is 1.48. The largest absolute Gasteiger partial charge is 0.465 e. The van der Waals surface area contributed by atoms with Gasteiger partial charge in [-0.2, -0.15) is 0 Å². The maximum atomic E-state index is 13.5. The lowest BCUT2D eigenvalue weighted by Gasteiger charge is -2.39. The predicted octanol–water partition coefficient (Wildman–Crippen LogP) is 3.53. The highest BCUT2D eigenvalue weighted by atomic mass is 32.1. The summed E-state index contributed by atoms with van der Waals surface area (Å²) in [6.07, 6.45) is 0.523. The number of ether oxygens (including phenoxy) is 2. The monoisotopic (exact) mass is 403 g/mol. The third-order valence-electron chi connectivity index (χ3n) is 5.30. The number of hydrogen-bond acceptors (Lipinski definition) is 7. The number of esters is 2. The van der Waals surface area contributed by atoms with Gasteiger partial charge in [-0.05, 0) is 44.6 Å². The van der Waals surface area contributed by atoms with Crippen LogP contribution in [0, 0.1) is 17.8 Å². The van der Waals surface area contributed by atoms with Crippen LogP contribution in [-0.4, -0.2) is 36.6 Å². The molecule has 1 aliphatic heterocycles. The van der Waals surface area contributed by atoms with E-state index in [2.05, 4.69) is 4.99 Å². The van der Waals surface area contributed by atoms with Gasteiger partial charge in [-0.1, -0.05) is 13.0 Å². The Morgan fingerprint density at radius 2 is 1.93 bits per heavy atom. The van der Waals surface area contributed by atoms with Crippen LogP contribution in [0.15, 0.2) is 33.8 Å². The average Bonchev–Trinajstić information content (AvgIpc) is 3.15. The highest BCUT2D eigenvalue weighted by Gasteiger charge is 2.51. The third-order valence-corrected chi connectivity index (χ3v) is 6.26. The molecule has 150 valence electrons. The minimum Gasteiger partial charge on any atom is -0.465 e. The maximum Gasteiger partial charge on any atom is 0.336 e. The van der Waals surface area contributed by atoms with Gasteiger partial charge in [0.2, 0.25) is 0 Å². The second kappa shape index (κ2) is 8.39. The number of fused-ring (bicyclic) bond motifs is 1. The molecule has 7 heteroatoms. The Labute approximate surface area is 168 Å². The number of hydrogen-bond donors (Lipinski definition) is 0.